The second-order valence-corrected chi connectivity index (χ2v) is 6.17. The zero-order valence-electron chi connectivity index (χ0n) is 14.4. The van der Waals surface area contributed by atoms with E-state index < -0.39 is 12.0 Å². The van der Waals surface area contributed by atoms with Crippen LogP contribution in [0.5, 0.6) is 5.75 Å². The first kappa shape index (κ1) is 17.9. The van der Waals surface area contributed by atoms with Crippen LogP contribution < -0.4 is 10.1 Å². The van der Waals surface area contributed by atoms with Crippen LogP contribution in [0.4, 0.5) is 0 Å². The van der Waals surface area contributed by atoms with E-state index in [1.807, 2.05) is 29.2 Å². The van der Waals surface area contributed by atoms with E-state index in [4.69, 9.17) is 9.84 Å². The average Bonchev–Trinajstić information content (AvgIpc) is 2.94. The van der Waals surface area contributed by atoms with E-state index in [2.05, 4.69) is 20.5 Å². The molecular formula is C17H21N5O4. The van der Waals surface area contributed by atoms with E-state index in [0.717, 1.165) is 11.3 Å². The number of carboxylic acid groups (broad SMARTS) is 1. The number of H-pyrrole nitrogens is 1. The molecule has 26 heavy (non-hydrogen) atoms. The molecule has 1 aromatic carbocycles. The van der Waals surface area contributed by atoms with Crippen LogP contribution in [0.1, 0.15) is 30.2 Å². The monoisotopic (exact) mass is 359 g/mol. The van der Waals surface area contributed by atoms with E-state index in [9.17, 15) is 9.59 Å². The lowest BCUT2D eigenvalue weighted by molar-refractivity contribution is -0.136. The summed E-state index contributed by atoms with van der Waals surface area (Å²) < 4.78 is 5.70. The highest BCUT2D eigenvalue weighted by Gasteiger charge is 2.20. The Hall–Kier alpha value is -2.94. The third kappa shape index (κ3) is 4.57. The number of hydrogen-bond donors (Lipinski definition) is 3. The molecule has 3 rings (SSSR count). The lowest BCUT2D eigenvalue weighted by atomic mass is 10.2. The van der Waals surface area contributed by atoms with Gasteiger partial charge in [0.05, 0.1) is 12.6 Å². The summed E-state index contributed by atoms with van der Waals surface area (Å²) in [5.41, 5.74) is 1.05. The number of hydrogen-bond acceptors (Lipinski definition) is 6. The van der Waals surface area contributed by atoms with Crippen LogP contribution in [0.25, 0.3) is 0 Å². The van der Waals surface area contributed by atoms with Crippen LogP contribution in [0.15, 0.2) is 24.3 Å². The molecule has 1 aliphatic heterocycles. The fourth-order valence-electron chi connectivity index (χ4n) is 2.80. The number of carbonyl (C=O) groups excluding carboxylic acids is 1. The fourth-order valence-corrected chi connectivity index (χ4v) is 2.80. The van der Waals surface area contributed by atoms with Crippen molar-refractivity contribution in [1.29, 1.82) is 0 Å². The number of aromatic amines is 1. The van der Waals surface area contributed by atoms with Crippen molar-refractivity contribution < 1.29 is 19.4 Å². The lowest BCUT2D eigenvalue weighted by Crippen LogP contribution is -2.39. The third-order valence-corrected chi connectivity index (χ3v) is 4.03. The second kappa shape index (κ2) is 7.96. The van der Waals surface area contributed by atoms with Gasteiger partial charge in [-0.2, -0.15) is 5.10 Å². The van der Waals surface area contributed by atoms with Crippen LogP contribution in [0.2, 0.25) is 0 Å². The van der Waals surface area contributed by atoms with Crippen molar-refractivity contribution in [2.45, 2.75) is 25.9 Å². The first-order valence-electron chi connectivity index (χ1n) is 8.36. The number of carbonyl (C=O) groups is 2. The molecule has 138 valence electrons. The van der Waals surface area contributed by atoms with Gasteiger partial charge in [-0.05, 0) is 13.0 Å². The van der Waals surface area contributed by atoms with Gasteiger partial charge in [0.25, 0.3) is 0 Å². The number of rotatable bonds is 6. The minimum Gasteiger partial charge on any atom is -0.492 e. The van der Waals surface area contributed by atoms with Crippen molar-refractivity contribution in [2.75, 3.05) is 19.7 Å². The summed E-state index contributed by atoms with van der Waals surface area (Å²) in [7, 11) is 0. The zero-order chi connectivity index (χ0) is 18.5. The molecule has 0 fully saturated rings. The number of carboxylic acids is 1. The van der Waals surface area contributed by atoms with Gasteiger partial charge >= 0.3 is 5.97 Å². The Morgan fingerprint density at radius 1 is 1.42 bits per heavy atom. The molecule has 9 nitrogen and oxygen atoms in total. The van der Waals surface area contributed by atoms with Crippen LogP contribution in [-0.4, -0.2) is 56.8 Å². The predicted molar refractivity (Wildman–Crippen MR) is 91.5 cm³/mol. The number of nitrogens with one attached hydrogen (secondary N) is 2. The van der Waals surface area contributed by atoms with Crippen LogP contribution in [0.3, 0.4) is 0 Å². The number of benzene rings is 1. The molecule has 1 atom stereocenters. The van der Waals surface area contributed by atoms with E-state index >= 15 is 0 Å². The van der Waals surface area contributed by atoms with Gasteiger partial charge in [0.1, 0.15) is 24.6 Å². The first-order chi connectivity index (χ1) is 12.5. The number of amides is 1. The molecule has 2 heterocycles. The first-order valence-corrected chi connectivity index (χ1v) is 8.36. The van der Waals surface area contributed by atoms with E-state index in [1.54, 1.807) is 6.92 Å². The fraction of sp³-hybridized carbons (Fsp3) is 0.412. The van der Waals surface area contributed by atoms with Gasteiger partial charge in [-0.25, -0.2) is 4.98 Å². The molecule has 0 saturated heterocycles. The number of fused-ring (bicyclic) bond motifs is 1. The SMILES string of the molecule is CC(NC(=O)CN1CCOc2ccccc2C1)c1n[nH]c(CC(=O)O)n1. The van der Waals surface area contributed by atoms with Gasteiger partial charge in [-0.3, -0.25) is 19.6 Å². The lowest BCUT2D eigenvalue weighted by Gasteiger charge is -2.20. The number of ether oxygens (including phenoxy) is 1. The van der Waals surface area contributed by atoms with Crippen LogP contribution in [0, 0.1) is 0 Å². The van der Waals surface area contributed by atoms with Crippen LogP contribution in [-0.2, 0) is 22.6 Å². The molecule has 1 amide bonds. The Bertz CT molecular complexity index is 791. The molecule has 3 N–H and O–H groups in total. The quantitative estimate of drug-likeness (QED) is 0.687. The molecule has 2 aromatic rings. The number of aromatic nitrogens is 3. The summed E-state index contributed by atoms with van der Waals surface area (Å²) in [4.78, 5) is 29.2. The van der Waals surface area contributed by atoms with Crippen molar-refractivity contribution in [3.8, 4) is 5.75 Å². The van der Waals surface area contributed by atoms with Gasteiger partial charge in [0.2, 0.25) is 5.91 Å². The Morgan fingerprint density at radius 3 is 3.04 bits per heavy atom. The Morgan fingerprint density at radius 2 is 2.23 bits per heavy atom. The maximum absolute atomic E-state index is 12.4. The van der Waals surface area contributed by atoms with Gasteiger partial charge in [-0.15, -0.1) is 0 Å². The molecular weight excluding hydrogens is 338 g/mol. The summed E-state index contributed by atoms with van der Waals surface area (Å²) in [6.45, 7) is 3.81. The van der Waals surface area contributed by atoms with Gasteiger partial charge in [0, 0.05) is 18.7 Å². The molecule has 0 aliphatic carbocycles. The smallest absolute Gasteiger partial charge is 0.311 e. The maximum Gasteiger partial charge on any atom is 0.311 e. The van der Waals surface area contributed by atoms with Crippen molar-refractivity contribution in [2.24, 2.45) is 0 Å². The Balaban J connectivity index is 1.55. The molecule has 0 spiro atoms. The van der Waals surface area contributed by atoms with Crippen LogP contribution >= 0.6 is 0 Å². The standard InChI is InChI=1S/C17H21N5O4/c1-11(17-19-14(20-21-17)8-16(24)25)18-15(23)10-22-6-7-26-13-5-3-2-4-12(13)9-22/h2-5,11H,6-10H2,1H3,(H,18,23)(H,24,25)(H,19,20,21). The topological polar surface area (TPSA) is 120 Å². The summed E-state index contributed by atoms with van der Waals surface area (Å²) in [6, 6.07) is 7.38. The number of nitrogens with zero attached hydrogens (tertiary/aromatic N) is 3. The van der Waals surface area contributed by atoms with Crippen molar-refractivity contribution in [3.05, 3.63) is 41.5 Å². The minimum absolute atomic E-state index is 0.151. The van der Waals surface area contributed by atoms with Gasteiger partial charge in [0.15, 0.2) is 5.82 Å². The predicted octanol–water partition coefficient (Wildman–Crippen LogP) is 0.504. The van der Waals surface area contributed by atoms with Crippen molar-refractivity contribution in [3.63, 3.8) is 0 Å². The highest BCUT2D eigenvalue weighted by molar-refractivity contribution is 5.78. The highest BCUT2D eigenvalue weighted by Crippen LogP contribution is 2.22. The molecule has 0 bridgehead atoms. The molecule has 9 heteroatoms. The normalized spacial score (nSPS) is 15.4. The van der Waals surface area contributed by atoms with Gasteiger partial charge in [-0.1, -0.05) is 18.2 Å². The summed E-state index contributed by atoms with van der Waals surface area (Å²) in [5.74, 6) is 0.332. The van der Waals surface area contributed by atoms with E-state index in [0.29, 0.717) is 25.5 Å². The average molecular weight is 359 g/mol. The van der Waals surface area contributed by atoms with E-state index in [-0.39, 0.29) is 24.7 Å². The zero-order valence-corrected chi connectivity index (χ0v) is 14.4. The summed E-state index contributed by atoms with van der Waals surface area (Å²) in [6.07, 6.45) is -0.235. The largest absolute Gasteiger partial charge is 0.492 e. The molecule has 1 aliphatic rings. The molecule has 1 unspecified atom stereocenters. The Labute approximate surface area is 150 Å². The molecule has 0 saturated carbocycles. The number of para-hydroxylation sites is 1. The van der Waals surface area contributed by atoms with Crippen molar-refractivity contribution >= 4 is 11.9 Å². The molecule has 1 aromatic heterocycles. The minimum atomic E-state index is -0.993. The maximum atomic E-state index is 12.4. The molecule has 0 radical (unpaired) electrons. The summed E-state index contributed by atoms with van der Waals surface area (Å²) >= 11 is 0. The van der Waals surface area contributed by atoms with Crippen molar-refractivity contribution in [1.82, 2.24) is 25.4 Å². The number of aliphatic carboxylic acids is 1. The third-order valence-electron chi connectivity index (χ3n) is 4.03. The summed E-state index contributed by atoms with van der Waals surface area (Å²) in [5, 5.41) is 18.1. The second-order valence-electron chi connectivity index (χ2n) is 6.17. The Kier molecular flexibility index (Phi) is 5.47. The van der Waals surface area contributed by atoms with E-state index in [1.165, 1.54) is 0 Å². The highest BCUT2D eigenvalue weighted by atomic mass is 16.5. The van der Waals surface area contributed by atoms with Gasteiger partial charge < -0.3 is 15.2 Å².